The third-order valence-electron chi connectivity index (χ3n) is 2.34. The lowest BCUT2D eigenvalue weighted by Gasteiger charge is -2.04. The summed E-state index contributed by atoms with van der Waals surface area (Å²) in [4.78, 5) is 1.09. The summed E-state index contributed by atoms with van der Waals surface area (Å²) in [6.45, 7) is 6.09. The van der Waals surface area contributed by atoms with Gasteiger partial charge in [-0.05, 0) is 23.9 Å². The van der Waals surface area contributed by atoms with Gasteiger partial charge >= 0.3 is 0 Å². The van der Waals surface area contributed by atoms with E-state index in [0.29, 0.717) is 0 Å². The van der Waals surface area contributed by atoms with Gasteiger partial charge in [-0.15, -0.1) is 11.3 Å². The van der Waals surface area contributed by atoms with Crippen molar-refractivity contribution in [1.29, 1.82) is 0 Å². The quantitative estimate of drug-likeness (QED) is 0.814. The van der Waals surface area contributed by atoms with E-state index in [1.807, 2.05) is 26.0 Å². The van der Waals surface area contributed by atoms with Crippen LogP contribution in [-0.4, -0.2) is 5.11 Å². The van der Waals surface area contributed by atoms with E-state index in [-0.39, 0.29) is 6.10 Å². The van der Waals surface area contributed by atoms with Crippen LogP contribution >= 0.6 is 11.3 Å². The van der Waals surface area contributed by atoms with Crippen LogP contribution < -0.4 is 0 Å². The Morgan fingerprint density at radius 1 is 1.25 bits per heavy atom. The minimum Gasteiger partial charge on any atom is -0.388 e. The maximum Gasteiger partial charge on any atom is 0.0882 e. The molecule has 0 saturated heterocycles. The van der Waals surface area contributed by atoms with Crippen molar-refractivity contribution in [2.24, 2.45) is 0 Å². The van der Waals surface area contributed by atoms with E-state index in [2.05, 4.69) is 25.1 Å². The van der Waals surface area contributed by atoms with E-state index in [9.17, 15) is 5.11 Å². The highest BCUT2D eigenvalue weighted by Gasteiger charge is 2.09. The lowest BCUT2D eigenvalue weighted by atomic mass is 10.1. The van der Waals surface area contributed by atoms with Crippen molar-refractivity contribution in [3.8, 4) is 0 Å². The fraction of sp³-hybridized carbons (Fsp3) is 0.429. The lowest BCUT2D eigenvalue weighted by molar-refractivity contribution is 0.170. The number of aliphatic hydroxyl groups is 1. The Morgan fingerprint density at radius 2 is 1.94 bits per heavy atom. The smallest absolute Gasteiger partial charge is 0.0882 e. The second-order valence-electron chi connectivity index (χ2n) is 3.49. The first kappa shape index (κ1) is 13.2. The van der Waals surface area contributed by atoms with Crippen LogP contribution in [0.4, 0.5) is 0 Å². The third kappa shape index (κ3) is 3.06. The van der Waals surface area contributed by atoms with E-state index < -0.39 is 0 Å². The van der Waals surface area contributed by atoms with Crippen LogP contribution in [0.3, 0.4) is 0 Å². The van der Waals surface area contributed by atoms with Crippen LogP contribution in [0.1, 0.15) is 44.6 Å². The highest BCUT2D eigenvalue weighted by Crippen LogP contribution is 2.31. The first-order valence-electron chi connectivity index (χ1n) is 5.98. The van der Waals surface area contributed by atoms with Crippen molar-refractivity contribution in [2.45, 2.75) is 39.7 Å². The minimum atomic E-state index is -0.280. The van der Waals surface area contributed by atoms with Crippen LogP contribution in [0.25, 0.3) is 10.1 Å². The zero-order valence-corrected chi connectivity index (χ0v) is 11.1. The Labute approximate surface area is 102 Å². The first-order valence-corrected chi connectivity index (χ1v) is 6.79. The van der Waals surface area contributed by atoms with Gasteiger partial charge in [-0.2, -0.15) is 0 Å². The molecular formula is C14H20OS. The zero-order chi connectivity index (χ0) is 12.0. The first-order chi connectivity index (χ1) is 7.81. The second-order valence-corrected chi connectivity index (χ2v) is 4.61. The zero-order valence-electron chi connectivity index (χ0n) is 10.2. The Morgan fingerprint density at radius 3 is 2.56 bits per heavy atom. The molecule has 0 radical (unpaired) electrons. The molecule has 2 rings (SSSR count). The maximum atomic E-state index is 9.83. The van der Waals surface area contributed by atoms with Crippen LogP contribution in [0.15, 0.2) is 30.3 Å². The van der Waals surface area contributed by atoms with Crippen LogP contribution in [0.5, 0.6) is 0 Å². The average molecular weight is 236 g/mol. The van der Waals surface area contributed by atoms with E-state index in [1.165, 1.54) is 10.1 Å². The molecule has 1 aromatic carbocycles. The van der Waals surface area contributed by atoms with Gasteiger partial charge in [-0.25, -0.2) is 0 Å². The van der Waals surface area contributed by atoms with Gasteiger partial charge in [-0.3, -0.25) is 0 Å². The molecule has 1 nitrogen and oxygen atoms in total. The van der Waals surface area contributed by atoms with Gasteiger partial charge in [0.25, 0.3) is 0 Å². The van der Waals surface area contributed by atoms with Crippen molar-refractivity contribution in [3.05, 3.63) is 35.2 Å². The Bertz CT molecular complexity index is 386. The summed E-state index contributed by atoms with van der Waals surface area (Å²) >= 11 is 1.70. The molecule has 88 valence electrons. The Balaban J connectivity index is 0.000000606. The van der Waals surface area contributed by atoms with Gasteiger partial charge in [0, 0.05) is 9.58 Å². The summed E-state index contributed by atoms with van der Waals surface area (Å²) in [5.41, 5.74) is 0. The average Bonchev–Trinajstić information content (AvgIpc) is 2.75. The molecule has 0 unspecified atom stereocenters. The van der Waals surface area contributed by atoms with Crippen molar-refractivity contribution >= 4 is 21.4 Å². The minimum absolute atomic E-state index is 0.280. The van der Waals surface area contributed by atoms with Gasteiger partial charge < -0.3 is 5.11 Å². The highest BCUT2D eigenvalue weighted by atomic mass is 32.1. The van der Waals surface area contributed by atoms with Crippen molar-refractivity contribution in [3.63, 3.8) is 0 Å². The monoisotopic (exact) mass is 236 g/mol. The number of hydrogen-bond acceptors (Lipinski definition) is 2. The van der Waals surface area contributed by atoms with Crippen LogP contribution in [0.2, 0.25) is 0 Å². The SMILES string of the molecule is CC.CCC[C@@H](O)c1cc2ccccc2s1. The van der Waals surface area contributed by atoms with Gasteiger partial charge in [0.05, 0.1) is 6.10 Å². The summed E-state index contributed by atoms with van der Waals surface area (Å²) in [6.07, 6.45) is 1.60. The number of benzene rings is 1. The molecule has 0 spiro atoms. The van der Waals surface area contributed by atoms with Gasteiger partial charge in [0.1, 0.15) is 0 Å². The van der Waals surface area contributed by atoms with Crippen LogP contribution in [0, 0.1) is 0 Å². The molecule has 0 saturated carbocycles. The summed E-state index contributed by atoms with van der Waals surface area (Å²) in [7, 11) is 0. The topological polar surface area (TPSA) is 20.2 Å². The van der Waals surface area contributed by atoms with E-state index in [0.717, 1.165) is 17.7 Å². The van der Waals surface area contributed by atoms with E-state index in [1.54, 1.807) is 11.3 Å². The number of thiophene rings is 1. The van der Waals surface area contributed by atoms with Gasteiger partial charge in [0.2, 0.25) is 0 Å². The molecule has 2 aromatic rings. The predicted molar refractivity (Wildman–Crippen MR) is 73.0 cm³/mol. The molecule has 16 heavy (non-hydrogen) atoms. The summed E-state index contributed by atoms with van der Waals surface area (Å²) in [5, 5.41) is 11.1. The van der Waals surface area contributed by atoms with E-state index >= 15 is 0 Å². The maximum absolute atomic E-state index is 9.83. The fourth-order valence-electron chi connectivity index (χ4n) is 1.58. The van der Waals surface area contributed by atoms with Crippen molar-refractivity contribution in [1.82, 2.24) is 0 Å². The number of fused-ring (bicyclic) bond motifs is 1. The molecule has 1 heterocycles. The highest BCUT2D eigenvalue weighted by molar-refractivity contribution is 7.19. The normalized spacial score (nSPS) is 12.0. The van der Waals surface area contributed by atoms with Crippen molar-refractivity contribution in [2.75, 3.05) is 0 Å². The molecule has 0 aliphatic heterocycles. The molecule has 1 aromatic heterocycles. The molecule has 0 bridgehead atoms. The van der Waals surface area contributed by atoms with Crippen molar-refractivity contribution < 1.29 is 5.11 Å². The number of hydrogen-bond donors (Lipinski definition) is 1. The Kier molecular flexibility index (Phi) is 5.50. The Hall–Kier alpha value is -0.860. The predicted octanol–water partition coefficient (Wildman–Crippen LogP) is 4.76. The van der Waals surface area contributed by atoms with Gasteiger partial charge in [-0.1, -0.05) is 45.4 Å². The summed E-state index contributed by atoms with van der Waals surface area (Å²) in [5.74, 6) is 0. The molecule has 1 atom stereocenters. The van der Waals surface area contributed by atoms with Gasteiger partial charge in [0.15, 0.2) is 0 Å². The standard InChI is InChI=1S/C12H14OS.C2H6/c1-2-5-10(13)12-8-9-6-3-4-7-11(9)14-12;1-2/h3-4,6-8,10,13H,2,5H2,1H3;1-2H3/t10-;/m1./s1. The third-order valence-corrected chi connectivity index (χ3v) is 3.55. The molecule has 2 heteroatoms. The molecule has 0 fully saturated rings. The summed E-state index contributed by atoms with van der Waals surface area (Å²) < 4.78 is 1.26. The molecule has 0 aliphatic rings. The molecular weight excluding hydrogens is 216 g/mol. The number of aliphatic hydroxyl groups excluding tert-OH is 1. The van der Waals surface area contributed by atoms with E-state index in [4.69, 9.17) is 0 Å². The molecule has 0 amide bonds. The summed E-state index contributed by atoms with van der Waals surface area (Å²) in [6, 6.07) is 10.4. The fourth-order valence-corrected chi connectivity index (χ4v) is 2.67. The molecule has 1 N–H and O–H groups in total. The largest absolute Gasteiger partial charge is 0.388 e. The second kappa shape index (κ2) is 6.66. The lowest BCUT2D eigenvalue weighted by Crippen LogP contribution is -1.91. The molecule has 0 aliphatic carbocycles. The number of rotatable bonds is 3. The van der Waals surface area contributed by atoms with Crippen LogP contribution in [-0.2, 0) is 0 Å².